The monoisotopic (exact) mass is 334 g/mol. The van der Waals surface area contributed by atoms with Crippen LogP contribution in [-0.4, -0.2) is 11.6 Å². The summed E-state index contributed by atoms with van der Waals surface area (Å²) in [7, 11) is 0. The molecule has 20 heavy (non-hydrogen) atoms. The van der Waals surface area contributed by atoms with E-state index in [1.54, 1.807) is 41.2 Å². The summed E-state index contributed by atoms with van der Waals surface area (Å²) in [6.07, 6.45) is 4.00. The van der Waals surface area contributed by atoms with Crippen molar-refractivity contribution in [3.05, 3.63) is 66.0 Å². The van der Waals surface area contributed by atoms with Crippen molar-refractivity contribution in [3.8, 4) is 0 Å². The number of benzene rings is 1. The van der Waals surface area contributed by atoms with E-state index in [9.17, 15) is 9.59 Å². The molecule has 0 N–H and O–H groups in total. The number of rotatable bonds is 5. The third kappa shape index (κ3) is 4.10. The van der Waals surface area contributed by atoms with Crippen LogP contribution in [0, 0.1) is 0 Å². The second kappa shape index (κ2) is 7.70. The Morgan fingerprint density at radius 2 is 1.60 bits per heavy atom. The van der Waals surface area contributed by atoms with Gasteiger partial charge in [0, 0.05) is 18.1 Å². The fourth-order valence-corrected chi connectivity index (χ4v) is 1.87. The lowest BCUT2D eigenvalue weighted by atomic mass is 10.1. The lowest BCUT2D eigenvalue weighted by Gasteiger charge is -2.00. The van der Waals surface area contributed by atoms with Crippen molar-refractivity contribution >= 4 is 28.5 Å². The second-order valence-corrected chi connectivity index (χ2v) is 4.33. The number of aromatic nitrogens is 1. The van der Waals surface area contributed by atoms with E-state index in [0.717, 1.165) is 0 Å². The molecule has 1 heterocycles. The maximum absolute atomic E-state index is 12.1. The molecule has 1 aromatic carbocycles. The topological polar surface area (TPSA) is 38.0 Å². The van der Waals surface area contributed by atoms with Crippen molar-refractivity contribution in [1.82, 2.24) is 0 Å². The van der Waals surface area contributed by atoms with Gasteiger partial charge in [0.1, 0.15) is 0 Å². The maximum Gasteiger partial charge on any atom is 0.227 e. The zero-order valence-electron chi connectivity index (χ0n) is 11.3. The van der Waals surface area contributed by atoms with E-state index in [0.29, 0.717) is 17.5 Å². The van der Waals surface area contributed by atoms with E-state index < -0.39 is 0 Å². The smallest absolute Gasteiger partial charge is 0.227 e. The lowest BCUT2D eigenvalue weighted by molar-refractivity contribution is -0.683. The molecule has 2 aromatic rings. The Kier molecular flexibility index (Phi) is 6.25. The summed E-state index contributed by atoms with van der Waals surface area (Å²) in [5.74, 6) is 0.119. The largest absolute Gasteiger partial charge is 0.294 e. The summed E-state index contributed by atoms with van der Waals surface area (Å²) < 4.78 is 1.75. The standard InChI is InChI=1S/C16H16NO2.BrH/c1-2-15(18)14-9-6-10-17(11-14)12-16(19)13-7-4-3-5-8-13;/h3-11H,2,12H2,1H3;1H/q+1;. The van der Waals surface area contributed by atoms with Crippen LogP contribution >= 0.6 is 17.0 Å². The van der Waals surface area contributed by atoms with Crippen molar-refractivity contribution in [1.29, 1.82) is 0 Å². The number of pyridine rings is 1. The molecule has 0 spiro atoms. The highest BCUT2D eigenvalue weighted by Gasteiger charge is 2.13. The number of carbonyl (C=O) groups is 2. The van der Waals surface area contributed by atoms with Crippen molar-refractivity contribution in [2.75, 3.05) is 0 Å². The van der Waals surface area contributed by atoms with Gasteiger partial charge in [0.15, 0.2) is 18.2 Å². The minimum absolute atomic E-state index is 0. The van der Waals surface area contributed by atoms with E-state index >= 15 is 0 Å². The van der Waals surface area contributed by atoms with Crippen molar-refractivity contribution in [2.24, 2.45) is 0 Å². The normalized spacial score (nSPS) is 9.65. The van der Waals surface area contributed by atoms with E-state index in [1.165, 1.54) is 0 Å². The SMILES string of the molecule is Br.CCC(=O)c1ccc[n+](CC(=O)c2ccccc2)c1. The molecular formula is C16H17BrNO2+. The molecule has 0 radical (unpaired) electrons. The highest BCUT2D eigenvalue weighted by molar-refractivity contribution is 8.93. The van der Waals surface area contributed by atoms with Gasteiger partial charge in [0.05, 0.1) is 5.56 Å². The summed E-state index contributed by atoms with van der Waals surface area (Å²) >= 11 is 0. The summed E-state index contributed by atoms with van der Waals surface area (Å²) in [4.78, 5) is 23.7. The molecule has 4 heteroatoms. The van der Waals surface area contributed by atoms with Crippen LogP contribution < -0.4 is 4.57 Å². The van der Waals surface area contributed by atoms with Crippen LogP contribution in [0.25, 0.3) is 0 Å². The summed E-state index contributed by atoms with van der Waals surface area (Å²) in [6.45, 7) is 2.07. The van der Waals surface area contributed by atoms with Crippen LogP contribution in [0.4, 0.5) is 0 Å². The molecule has 1 aromatic heterocycles. The molecule has 2 rings (SSSR count). The van der Waals surface area contributed by atoms with Gasteiger partial charge >= 0.3 is 0 Å². The van der Waals surface area contributed by atoms with Gasteiger partial charge in [0.2, 0.25) is 12.3 Å². The number of carbonyl (C=O) groups excluding carboxylic acids is 2. The quantitative estimate of drug-likeness (QED) is 0.622. The Balaban J connectivity index is 0.00000200. The van der Waals surface area contributed by atoms with Gasteiger partial charge in [-0.1, -0.05) is 37.3 Å². The predicted octanol–water partition coefficient (Wildman–Crippen LogP) is 3.03. The molecule has 0 saturated carbocycles. The summed E-state index contributed by atoms with van der Waals surface area (Å²) in [6, 6.07) is 12.7. The number of hydrogen-bond acceptors (Lipinski definition) is 2. The highest BCUT2D eigenvalue weighted by atomic mass is 79.9. The van der Waals surface area contributed by atoms with E-state index in [4.69, 9.17) is 0 Å². The minimum atomic E-state index is 0. The first kappa shape index (κ1) is 16.2. The Labute approximate surface area is 129 Å². The van der Waals surface area contributed by atoms with Crippen LogP contribution in [0.5, 0.6) is 0 Å². The molecule has 0 aliphatic rings. The molecule has 3 nitrogen and oxygen atoms in total. The van der Waals surface area contributed by atoms with Crippen LogP contribution in [-0.2, 0) is 6.54 Å². The minimum Gasteiger partial charge on any atom is -0.294 e. The molecule has 0 atom stereocenters. The lowest BCUT2D eigenvalue weighted by Crippen LogP contribution is -2.38. The van der Waals surface area contributed by atoms with Gasteiger partial charge in [-0.25, -0.2) is 0 Å². The average Bonchev–Trinajstić information content (AvgIpc) is 2.47. The van der Waals surface area contributed by atoms with Crippen LogP contribution in [0.1, 0.15) is 34.1 Å². The van der Waals surface area contributed by atoms with Crippen LogP contribution in [0.15, 0.2) is 54.9 Å². The van der Waals surface area contributed by atoms with E-state index in [2.05, 4.69) is 0 Å². The zero-order chi connectivity index (χ0) is 13.7. The third-order valence-electron chi connectivity index (χ3n) is 2.92. The number of ketones is 2. The van der Waals surface area contributed by atoms with Crippen molar-refractivity contribution in [2.45, 2.75) is 19.9 Å². The first-order chi connectivity index (χ1) is 9.20. The van der Waals surface area contributed by atoms with Crippen molar-refractivity contribution in [3.63, 3.8) is 0 Å². The molecule has 0 unspecified atom stereocenters. The molecule has 0 amide bonds. The van der Waals surface area contributed by atoms with Gasteiger partial charge in [-0.15, -0.1) is 17.0 Å². The number of halogens is 1. The highest BCUT2D eigenvalue weighted by Crippen LogP contribution is 2.02. The van der Waals surface area contributed by atoms with Gasteiger partial charge in [-0.2, -0.15) is 4.57 Å². The van der Waals surface area contributed by atoms with Gasteiger partial charge in [-0.05, 0) is 6.07 Å². The van der Waals surface area contributed by atoms with Crippen molar-refractivity contribution < 1.29 is 14.2 Å². The molecule has 0 fully saturated rings. The maximum atomic E-state index is 12.1. The Bertz CT molecular complexity index is 596. The molecule has 0 aliphatic heterocycles. The number of hydrogen-bond donors (Lipinski definition) is 0. The first-order valence-electron chi connectivity index (χ1n) is 6.31. The first-order valence-corrected chi connectivity index (χ1v) is 6.31. The van der Waals surface area contributed by atoms with E-state index in [1.807, 2.05) is 25.1 Å². The Morgan fingerprint density at radius 3 is 2.25 bits per heavy atom. The molecule has 0 saturated heterocycles. The Hall–Kier alpha value is -1.81. The predicted molar refractivity (Wildman–Crippen MR) is 82.4 cm³/mol. The summed E-state index contributed by atoms with van der Waals surface area (Å²) in [5, 5.41) is 0. The molecule has 104 valence electrons. The number of Topliss-reactive ketones (excluding diaryl/α,β-unsaturated/α-hetero) is 2. The fraction of sp³-hybridized carbons (Fsp3) is 0.188. The van der Waals surface area contributed by atoms with E-state index in [-0.39, 0.29) is 35.1 Å². The van der Waals surface area contributed by atoms with Crippen LogP contribution in [0.2, 0.25) is 0 Å². The fourth-order valence-electron chi connectivity index (χ4n) is 1.87. The van der Waals surface area contributed by atoms with Gasteiger partial charge < -0.3 is 0 Å². The number of nitrogens with zero attached hydrogens (tertiary/aromatic N) is 1. The molecule has 0 aliphatic carbocycles. The zero-order valence-corrected chi connectivity index (χ0v) is 13.0. The molecular weight excluding hydrogens is 318 g/mol. The summed E-state index contributed by atoms with van der Waals surface area (Å²) in [5.41, 5.74) is 1.33. The average molecular weight is 335 g/mol. The third-order valence-corrected chi connectivity index (χ3v) is 2.92. The second-order valence-electron chi connectivity index (χ2n) is 4.33. The molecule has 0 bridgehead atoms. The van der Waals surface area contributed by atoms with Gasteiger partial charge in [0.25, 0.3) is 0 Å². The van der Waals surface area contributed by atoms with Gasteiger partial charge in [-0.3, -0.25) is 9.59 Å². The Morgan fingerprint density at radius 1 is 0.950 bits per heavy atom. The van der Waals surface area contributed by atoms with Crippen LogP contribution in [0.3, 0.4) is 0 Å².